The van der Waals surface area contributed by atoms with Crippen molar-refractivity contribution in [2.75, 3.05) is 27.3 Å². The molecule has 0 radical (unpaired) electrons. The molecule has 1 rings (SSSR count). The predicted molar refractivity (Wildman–Crippen MR) is 69.4 cm³/mol. The zero-order valence-corrected chi connectivity index (χ0v) is 11.2. The lowest BCUT2D eigenvalue weighted by molar-refractivity contribution is 0.0818. The Morgan fingerprint density at radius 2 is 2.27 bits per heavy atom. The number of ether oxygens (including phenoxy) is 2. The Labute approximate surface area is 104 Å². The first-order chi connectivity index (χ1) is 7.26. The molecule has 0 saturated heterocycles. The van der Waals surface area contributed by atoms with Crippen molar-refractivity contribution in [3.63, 3.8) is 0 Å². The summed E-state index contributed by atoms with van der Waals surface area (Å²) in [5.74, 6) is 0.888. The Balaban J connectivity index is 2.56. The van der Waals surface area contributed by atoms with E-state index in [2.05, 4.69) is 27.9 Å². The van der Waals surface area contributed by atoms with E-state index in [0.717, 1.165) is 12.3 Å². The van der Waals surface area contributed by atoms with Crippen molar-refractivity contribution < 1.29 is 9.47 Å². The topological polar surface area (TPSA) is 30.5 Å². The molecular formula is C11H16INO2. The molecule has 0 aliphatic carbocycles. The fraction of sp³-hybridized carbons (Fsp3) is 0.455. The van der Waals surface area contributed by atoms with E-state index in [1.54, 1.807) is 7.11 Å². The third-order valence-electron chi connectivity index (χ3n) is 1.88. The second-order valence-electron chi connectivity index (χ2n) is 3.21. The van der Waals surface area contributed by atoms with Gasteiger partial charge in [-0.05, 0) is 47.8 Å². The molecule has 0 fully saturated rings. The summed E-state index contributed by atoms with van der Waals surface area (Å²) < 4.78 is 12.0. The molecule has 0 bridgehead atoms. The number of nitrogens with one attached hydrogen (secondary N) is 1. The zero-order valence-electron chi connectivity index (χ0n) is 9.00. The fourth-order valence-corrected chi connectivity index (χ4v) is 1.80. The molecule has 0 aromatic heterocycles. The SMILES string of the molecule is CNCC(COC)Oc1cccc(I)c1. The highest BCUT2D eigenvalue weighted by Crippen LogP contribution is 2.16. The summed E-state index contributed by atoms with van der Waals surface area (Å²) >= 11 is 2.27. The van der Waals surface area contributed by atoms with E-state index in [-0.39, 0.29) is 6.10 Å². The lowest BCUT2D eigenvalue weighted by Gasteiger charge is -2.18. The lowest BCUT2D eigenvalue weighted by atomic mass is 10.3. The summed E-state index contributed by atoms with van der Waals surface area (Å²) in [4.78, 5) is 0. The van der Waals surface area contributed by atoms with Crippen LogP contribution >= 0.6 is 22.6 Å². The molecule has 0 amide bonds. The van der Waals surface area contributed by atoms with Gasteiger partial charge in [-0.2, -0.15) is 0 Å². The van der Waals surface area contributed by atoms with Gasteiger partial charge >= 0.3 is 0 Å². The van der Waals surface area contributed by atoms with Gasteiger partial charge < -0.3 is 14.8 Å². The van der Waals surface area contributed by atoms with Crippen molar-refractivity contribution in [1.82, 2.24) is 5.32 Å². The molecule has 0 aliphatic heterocycles. The van der Waals surface area contributed by atoms with Crippen molar-refractivity contribution in [2.24, 2.45) is 0 Å². The number of hydrogen-bond acceptors (Lipinski definition) is 3. The van der Waals surface area contributed by atoms with Crippen LogP contribution in [0.3, 0.4) is 0 Å². The first-order valence-corrected chi connectivity index (χ1v) is 5.90. The Bertz CT molecular complexity index is 288. The summed E-state index contributed by atoms with van der Waals surface area (Å²) in [6.45, 7) is 1.37. The van der Waals surface area contributed by atoms with Gasteiger partial charge in [-0.3, -0.25) is 0 Å². The van der Waals surface area contributed by atoms with Crippen LogP contribution in [-0.2, 0) is 4.74 Å². The van der Waals surface area contributed by atoms with Crippen LogP contribution in [0.15, 0.2) is 24.3 Å². The van der Waals surface area contributed by atoms with Crippen molar-refractivity contribution in [3.05, 3.63) is 27.8 Å². The molecule has 0 aliphatic rings. The van der Waals surface area contributed by atoms with E-state index in [1.165, 1.54) is 3.57 Å². The molecule has 1 unspecified atom stereocenters. The van der Waals surface area contributed by atoms with Gasteiger partial charge in [0, 0.05) is 17.2 Å². The van der Waals surface area contributed by atoms with Gasteiger partial charge in [0.2, 0.25) is 0 Å². The average Bonchev–Trinajstić information content (AvgIpc) is 2.18. The van der Waals surface area contributed by atoms with Gasteiger partial charge in [-0.25, -0.2) is 0 Å². The lowest BCUT2D eigenvalue weighted by Crippen LogP contribution is -2.33. The van der Waals surface area contributed by atoms with Gasteiger partial charge in [-0.15, -0.1) is 0 Å². The van der Waals surface area contributed by atoms with Crippen LogP contribution in [0, 0.1) is 3.57 Å². The summed E-state index contributed by atoms with van der Waals surface area (Å²) in [5.41, 5.74) is 0. The van der Waals surface area contributed by atoms with Gasteiger partial charge in [0.25, 0.3) is 0 Å². The van der Waals surface area contributed by atoms with Gasteiger partial charge in [0.1, 0.15) is 11.9 Å². The van der Waals surface area contributed by atoms with E-state index >= 15 is 0 Å². The smallest absolute Gasteiger partial charge is 0.134 e. The first-order valence-electron chi connectivity index (χ1n) is 4.82. The minimum Gasteiger partial charge on any atom is -0.487 e. The minimum absolute atomic E-state index is 0.0539. The van der Waals surface area contributed by atoms with Gasteiger partial charge in [-0.1, -0.05) is 6.07 Å². The van der Waals surface area contributed by atoms with Crippen LogP contribution in [0.25, 0.3) is 0 Å². The molecule has 1 atom stereocenters. The number of likely N-dealkylation sites (N-methyl/N-ethyl adjacent to an activating group) is 1. The number of methoxy groups -OCH3 is 1. The molecule has 1 aromatic carbocycles. The maximum Gasteiger partial charge on any atom is 0.134 e. The van der Waals surface area contributed by atoms with Crippen LogP contribution < -0.4 is 10.1 Å². The van der Waals surface area contributed by atoms with Crippen LogP contribution in [0.4, 0.5) is 0 Å². The predicted octanol–water partition coefficient (Wildman–Crippen LogP) is 1.90. The van der Waals surface area contributed by atoms with E-state index in [0.29, 0.717) is 6.61 Å². The maximum atomic E-state index is 5.78. The van der Waals surface area contributed by atoms with Crippen molar-refractivity contribution in [1.29, 1.82) is 0 Å². The first kappa shape index (κ1) is 12.7. The van der Waals surface area contributed by atoms with Crippen LogP contribution in [0.5, 0.6) is 5.75 Å². The highest BCUT2D eigenvalue weighted by Gasteiger charge is 2.08. The Hall–Kier alpha value is -0.330. The summed E-state index contributed by atoms with van der Waals surface area (Å²) in [7, 11) is 3.58. The van der Waals surface area contributed by atoms with Crippen LogP contribution in [0.1, 0.15) is 0 Å². The molecule has 0 spiro atoms. The number of benzene rings is 1. The van der Waals surface area contributed by atoms with Gasteiger partial charge in [0.05, 0.1) is 6.61 Å². The third kappa shape index (κ3) is 4.81. The van der Waals surface area contributed by atoms with Crippen molar-refractivity contribution in [3.8, 4) is 5.75 Å². The van der Waals surface area contributed by atoms with E-state index in [4.69, 9.17) is 9.47 Å². The minimum atomic E-state index is 0.0539. The Morgan fingerprint density at radius 3 is 2.87 bits per heavy atom. The highest BCUT2D eigenvalue weighted by molar-refractivity contribution is 14.1. The Kier molecular flexibility index (Phi) is 5.97. The molecule has 84 valence electrons. The van der Waals surface area contributed by atoms with Crippen molar-refractivity contribution >= 4 is 22.6 Å². The van der Waals surface area contributed by atoms with Crippen molar-refractivity contribution in [2.45, 2.75) is 6.10 Å². The molecule has 4 heteroatoms. The van der Waals surface area contributed by atoms with Gasteiger partial charge in [0.15, 0.2) is 0 Å². The quantitative estimate of drug-likeness (QED) is 0.812. The molecule has 15 heavy (non-hydrogen) atoms. The molecule has 0 saturated carbocycles. The Morgan fingerprint density at radius 1 is 1.47 bits per heavy atom. The molecule has 1 aromatic rings. The standard InChI is InChI=1S/C11H16INO2/c1-13-7-11(8-14-2)15-10-5-3-4-9(12)6-10/h3-6,11,13H,7-8H2,1-2H3. The van der Waals surface area contributed by atoms with E-state index < -0.39 is 0 Å². The number of hydrogen-bond donors (Lipinski definition) is 1. The third-order valence-corrected chi connectivity index (χ3v) is 2.55. The summed E-state index contributed by atoms with van der Waals surface area (Å²) in [6, 6.07) is 8.00. The molecular weight excluding hydrogens is 305 g/mol. The molecule has 3 nitrogen and oxygen atoms in total. The largest absolute Gasteiger partial charge is 0.487 e. The zero-order chi connectivity index (χ0) is 11.1. The van der Waals surface area contributed by atoms with E-state index in [1.807, 2.05) is 31.3 Å². The highest BCUT2D eigenvalue weighted by atomic mass is 127. The number of rotatable bonds is 6. The molecule has 0 heterocycles. The molecule has 1 N–H and O–H groups in total. The monoisotopic (exact) mass is 321 g/mol. The summed E-state index contributed by atoms with van der Waals surface area (Å²) in [5, 5.41) is 3.08. The average molecular weight is 321 g/mol. The van der Waals surface area contributed by atoms with Crippen LogP contribution in [-0.4, -0.2) is 33.4 Å². The summed E-state index contributed by atoms with van der Waals surface area (Å²) in [6.07, 6.45) is 0.0539. The second-order valence-corrected chi connectivity index (χ2v) is 4.46. The fourth-order valence-electron chi connectivity index (χ4n) is 1.28. The normalized spacial score (nSPS) is 12.5. The van der Waals surface area contributed by atoms with E-state index in [9.17, 15) is 0 Å². The number of halogens is 1. The van der Waals surface area contributed by atoms with Crippen LogP contribution in [0.2, 0.25) is 0 Å². The maximum absolute atomic E-state index is 5.78. The second kappa shape index (κ2) is 7.03.